The van der Waals surface area contributed by atoms with E-state index in [4.69, 9.17) is 0 Å². The summed E-state index contributed by atoms with van der Waals surface area (Å²) in [6.07, 6.45) is 5.20. The Bertz CT molecular complexity index is 600. The van der Waals surface area contributed by atoms with Gasteiger partial charge in [0.05, 0.1) is 5.69 Å². The normalized spacial score (nSPS) is 26.7. The zero-order valence-corrected chi connectivity index (χ0v) is 15.2. The van der Waals surface area contributed by atoms with Crippen molar-refractivity contribution in [3.05, 3.63) is 18.0 Å². The Morgan fingerprint density at radius 2 is 2.16 bits per heavy atom. The Kier molecular flexibility index (Phi) is 5.43. The topological polar surface area (TPSA) is 61.6 Å². The summed E-state index contributed by atoms with van der Waals surface area (Å²) >= 11 is 0. The predicted molar refractivity (Wildman–Crippen MR) is 92.6 cm³/mol. The molecule has 2 atom stereocenters. The number of nitrogens with zero attached hydrogens (tertiary/aromatic N) is 4. The summed E-state index contributed by atoms with van der Waals surface area (Å²) in [6, 6.07) is 1.90. The molecule has 3 rings (SSSR count). The molecular weight excluding hydrogens is 323 g/mol. The zero-order chi connectivity index (χ0) is 18.0. The maximum Gasteiger partial charge on any atom is 0.254 e. The number of carbonyl (C=O) groups excluding carboxylic acids is 1. The average molecular weight is 352 g/mol. The monoisotopic (exact) mass is 352 g/mol. The number of likely N-dealkylation sites (tertiary alicyclic amines) is 1. The molecule has 2 fully saturated rings. The molecule has 0 spiro atoms. The number of amides is 1. The fraction of sp³-hybridized carbons (Fsp3) is 0.778. The highest BCUT2D eigenvalue weighted by molar-refractivity contribution is 5.84. The minimum atomic E-state index is -1.23. The van der Waals surface area contributed by atoms with Gasteiger partial charge in [-0.2, -0.15) is 5.10 Å². The van der Waals surface area contributed by atoms with Crippen LogP contribution in [0.3, 0.4) is 0 Å². The molecule has 1 aromatic rings. The summed E-state index contributed by atoms with van der Waals surface area (Å²) < 4.78 is 15.8. The largest absolute Gasteiger partial charge is 0.380 e. The van der Waals surface area contributed by atoms with Crippen LogP contribution in [0.1, 0.15) is 44.2 Å². The number of carbonyl (C=O) groups is 1. The van der Waals surface area contributed by atoms with Gasteiger partial charge in [-0.25, -0.2) is 4.39 Å². The standard InChI is InChI=1S/C18H29FN4O2/c1-21(17(24)18(25)7-4-3-5-8-18)12-16-10-14(19)11-23(16)13-15-6-9-20-22(15)2/h6,9,14,16,25H,3-5,7-8,10-13H2,1-2H3/t14-,16-/m0/s1. The first-order chi connectivity index (χ1) is 11.9. The van der Waals surface area contributed by atoms with Crippen molar-refractivity contribution in [2.75, 3.05) is 20.1 Å². The van der Waals surface area contributed by atoms with Crippen LogP contribution in [0.5, 0.6) is 0 Å². The summed E-state index contributed by atoms with van der Waals surface area (Å²) in [7, 11) is 3.60. The van der Waals surface area contributed by atoms with Crippen molar-refractivity contribution in [2.45, 2.75) is 62.9 Å². The maximum absolute atomic E-state index is 14.0. The zero-order valence-electron chi connectivity index (χ0n) is 15.2. The van der Waals surface area contributed by atoms with Crippen molar-refractivity contribution in [2.24, 2.45) is 7.05 Å². The quantitative estimate of drug-likeness (QED) is 0.872. The van der Waals surface area contributed by atoms with Gasteiger partial charge in [0.2, 0.25) is 0 Å². The molecule has 7 heteroatoms. The highest BCUT2D eigenvalue weighted by Gasteiger charge is 2.41. The highest BCUT2D eigenvalue weighted by Crippen LogP contribution is 2.30. The molecule has 1 aliphatic heterocycles. The second kappa shape index (κ2) is 7.41. The third kappa shape index (κ3) is 4.03. The number of rotatable bonds is 5. The van der Waals surface area contributed by atoms with E-state index in [1.54, 1.807) is 22.8 Å². The molecule has 2 heterocycles. The molecule has 1 saturated carbocycles. The Balaban J connectivity index is 1.63. The Labute approximate surface area is 148 Å². The smallest absolute Gasteiger partial charge is 0.254 e. The van der Waals surface area contributed by atoms with Crippen LogP contribution >= 0.6 is 0 Å². The maximum atomic E-state index is 14.0. The second-order valence-corrected chi connectivity index (χ2v) is 7.64. The van der Waals surface area contributed by atoms with Crippen molar-refractivity contribution in [3.63, 3.8) is 0 Å². The first-order valence-corrected chi connectivity index (χ1v) is 9.22. The fourth-order valence-corrected chi connectivity index (χ4v) is 4.18. The molecule has 0 unspecified atom stereocenters. The highest BCUT2D eigenvalue weighted by atomic mass is 19.1. The third-order valence-corrected chi connectivity index (χ3v) is 5.67. The second-order valence-electron chi connectivity index (χ2n) is 7.64. The molecule has 1 aliphatic carbocycles. The van der Waals surface area contributed by atoms with Crippen LogP contribution in [0.2, 0.25) is 0 Å². The van der Waals surface area contributed by atoms with Gasteiger partial charge >= 0.3 is 0 Å². The first kappa shape index (κ1) is 18.3. The molecule has 25 heavy (non-hydrogen) atoms. The molecule has 140 valence electrons. The molecule has 0 radical (unpaired) electrons. The van der Waals surface area contributed by atoms with E-state index in [1.165, 1.54) is 0 Å². The number of hydrogen-bond donors (Lipinski definition) is 1. The number of alkyl halides is 1. The Morgan fingerprint density at radius 3 is 2.80 bits per heavy atom. The number of hydrogen-bond acceptors (Lipinski definition) is 4. The van der Waals surface area contributed by atoms with Crippen LogP contribution in [-0.2, 0) is 18.4 Å². The number of aromatic nitrogens is 2. The number of likely N-dealkylation sites (N-methyl/N-ethyl adjacent to an activating group) is 1. The van der Waals surface area contributed by atoms with Crippen LogP contribution in [-0.4, -0.2) is 68.5 Å². The van der Waals surface area contributed by atoms with Crippen LogP contribution in [0.25, 0.3) is 0 Å². The average Bonchev–Trinajstić information content (AvgIpc) is 3.13. The molecule has 6 nitrogen and oxygen atoms in total. The molecular formula is C18H29FN4O2. The predicted octanol–water partition coefficient (Wildman–Crippen LogP) is 1.49. The minimum Gasteiger partial charge on any atom is -0.380 e. The van der Waals surface area contributed by atoms with Crippen molar-refractivity contribution in [1.29, 1.82) is 0 Å². The molecule has 2 aliphatic rings. The first-order valence-electron chi connectivity index (χ1n) is 9.22. The summed E-state index contributed by atoms with van der Waals surface area (Å²) in [5.74, 6) is -0.213. The summed E-state index contributed by atoms with van der Waals surface area (Å²) in [6.45, 7) is 1.44. The Morgan fingerprint density at radius 1 is 1.44 bits per heavy atom. The lowest BCUT2D eigenvalue weighted by Gasteiger charge is -2.36. The van der Waals surface area contributed by atoms with E-state index in [1.807, 2.05) is 13.1 Å². The molecule has 1 N–H and O–H groups in total. The van der Waals surface area contributed by atoms with Gasteiger partial charge in [-0.15, -0.1) is 0 Å². The number of aryl methyl sites for hydroxylation is 1. The van der Waals surface area contributed by atoms with Crippen molar-refractivity contribution < 1.29 is 14.3 Å². The van der Waals surface area contributed by atoms with E-state index in [0.29, 0.717) is 38.9 Å². The van der Waals surface area contributed by atoms with E-state index in [-0.39, 0.29) is 11.9 Å². The van der Waals surface area contributed by atoms with Crippen LogP contribution in [0.4, 0.5) is 4.39 Å². The number of aliphatic hydroxyl groups is 1. The van der Waals surface area contributed by atoms with E-state index in [9.17, 15) is 14.3 Å². The minimum absolute atomic E-state index is 0.0361. The molecule has 1 amide bonds. The van der Waals surface area contributed by atoms with Gasteiger partial charge in [0.25, 0.3) is 5.91 Å². The summed E-state index contributed by atoms with van der Waals surface area (Å²) in [5.41, 5.74) is -0.202. The Hall–Kier alpha value is -1.47. The van der Waals surface area contributed by atoms with E-state index in [0.717, 1.165) is 25.0 Å². The lowest BCUT2D eigenvalue weighted by molar-refractivity contribution is -0.153. The van der Waals surface area contributed by atoms with Crippen LogP contribution < -0.4 is 0 Å². The van der Waals surface area contributed by atoms with Gasteiger partial charge in [0.15, 0.2) is 0 Å². The SMILES string of the molecule is CN(C[C@@H]1C[C@H](F)CN1Cc1ccnn1C)C(=O)C1(O)CCCCC1. The van der Waals surface area contributed by atoms with E-state index < -0.39 is 11.8 Å². The molecule has 1 saturated heterocycles. The van der Waals surface area contributed by atoms with Gasteiger partial charge in [-0.3, -0.25) is 14.4 Å². The van der Waals surface area contributed by atoms with Gasteiger partial charge < -0.3 is 10.0 Å². The van der Waals surface area contributed by atoms with Gasteiger partial charge in [0, 0.05) is 46.0 Å². The van der Waals surface area contributed by atoms with Crippen LogP contribution in [0, 0.1) is 0 Å². The lowest BCUT2D eigenvalue weighted by atomic mass is 9.84. The number of halogens is 1. The van der Waals surface area contributed by atoms with Crippen molar-refractivity contribution in [1.82, 2.24) is 19.6 Å². The van der Waals surface area contributed by atoms with Crippen LogP contribution in [0.15, 0.2) is 12.3 Å². The molecule has 1 aromatic heterocycles. The van der Waals surface area contributed by atoms with Gasteiger partial charge in [0.1, 0.15) is 11.8 Å². The summed E-state index contributed by atoms with van der Waals surface area (Å²) in [5, 5.41) is 14.8. The van der Waals surface area contributed by atoms with Crippen molar-refractivity contribution >= 4 is 5.91 Å². The molecule has 0 aromatic carbocycles. The van der Waals surface area contributed by atoms with E-state index in [2.05, 4.69) is 10.00 Å². The molecule has 0 bridgehead atoms. The lowest BCUT2D eigenvalue weighted by Crippen LogP contribution is -2.51. The van der Waals surface area contributed by atoms with E-state index >= 15 is 0 Å². The third-order valence-electron chi connectivity index (χ3n) is 5.67. The van der Waals surface area contributed by atoms with Crippen molar-refractivity contribution in [3.8, 4) is 0 Å². The fourth-order valence-electron chi connectivity index (χ4n) is 4.18. The summed E-state index contributed by atoms with van der Waals surface area (Å²) in [4.78, 5) is 16.4. The van der Waals surface area contributed by atoms with Gasteiger partial charge in [-0.05, 0) is 25.3 Å². The van der Waals surface area contributed by atoms with Gasteiger partial charge in [-0.1, -0.05) is 19.3 Å².